The smallest absolute Gasteiger partial charge is 0.616 e. The largest absolute Gasteiger partial charge is 0.624 e. The van der Waals surface area contributed by atoms with Gasteiger partial charge in [0.25, 0.3) is 0 Å². The Hall–Kier alpha value is -1.77. The van der Waals surface area contributed by atoms with Gasteiger partial charge in [-0.05, 0) is 12.1 Å². The molecule has 0 amide bonds. The highest BCUT2D eigenvalue weighted by molar-refractivity contribution is 8.29. The van der Waals surface area contributed by atoms with Gasteiger partial charge < -0.3 is 13.5 Å². The number of hydrogen-bond acceptors (Lipinski definition) is 5. The average Bonchev–Trinajstić information content (AvgIpc) is 3.18. The van der Waals surface area contributed by atoms with E-state index in [1.165, 1.54) is 21.2 Å². The summed E-state index contributed by atoms with van der Waals surface area (Å²) in [4.78, 5) is 2.35. The van der Waals surface area contributed by atoms with Crippen molar-refractivity contribution in [1.29, 1.82) is 0 Å². The van der Waals surface area contributed by atoms with E-state index < -0.39 is 11.9 Å². The lowest BCUT2D eigenvalue weighted by atomic mass is 9.87. The summed E-state index contributed by atoms with van der Waals surface area (Å²) < 4.78 is 25.0. The zero-order valence-corrected chi connectivity index (χ0v) is 19.8. The average molecular weight is 450 g/mol. The fourth-order valence-electron chi connectivity index (χ4n) is 5.32. The lowest BCUT2D eigenvalue weighted by molar-refractivity contribution is -0.368. The van der Waals surface area contributed by atoms with Crippen molar-refractivity contribution in [3.05, 3.63) is 60.7 Å². The summed E-state index contributed by atoms with van der Waals surface area (Å²) >= 11 is 3.35. The second-order valence-corrected chi connectivity index (χ2v) is 11.3. The minimum atomic E-state index is -1.91. The topological polar surface area (TPSA) is 33.7 Å². The summed E-state index contributed by atoms with van der Waals surface area (Å²) in [6.45, 7) is 8.44. The Bertz CT molecular complexity index is 1080. The summed E-state index contributed by atoms with van der Waals surface area (Å²) in [5.41, 5.74) is 4.76. The first-order valence-corrected chi connectivity index (χ1v) is 12.5. The summed E-state index contributed by atoms with van der Waals surface area (Å²) in [5, 5.41) is 0. The molecule has 2 aromatic carbocycles. The normalized spacial score (nSPS) is 29.2. The summed E-state index contributed by atoms with van der Waals surface area (Å²) in [5.74, 6) is -3.82. The van der Waals surface area contributed by atoms with Crippen LogP contribution in [0.3, 0.4) is 0 Å². The molecule has 0 aliphatic carbocycles. The van der Waals surface area contributed by atoms with Crippen molar-refractivity contribution < 1.29 is 22.9 Å². The van der Waals surface area contributed by atoms with Gasteiger partial charge in [0.1, 0.15) is 13.8 Å². The standard InChI is InChI=1S/C22H24B2N2O3S2/c1-15-13-17(3)27-23(25(15)19-9-5-7-11-21(19)30-23)29-24-26(16(2)14-18(4)28-24)20-10-6-8-12-22(20)31-24/h5-12H,13-14H2,1-4H3/q+2. The second-order valence-electron chi connectivity index (χ2n) is 8.72. The molecule has 0 saturated carbocycles. The maximum atomic E-state index is 7.18. The van der Waals surface area contributed by atoms with Gasteiger partial charge >= 0.3 is 11.9 Å². The number of benzene rings is 2. The second kappa shape index (κ2) is 6.86. The predicted octanol–water partition coefficient (Wildman–Crippen LogP) is 5.64. The molecule has 31 heavy (non-hydrogen) atoms. The van der Waals surface area contributed by atoms with Crippen LogP contribution >= 0.6 is 23.2 Å². The van der Waals surface area contributed by atoms with E-state index in [0.29, 0.717) is 0 Å². The molecule has 2 unspecified atom stereocenters. The molecule has 6 rings (SSSR count). The molecule has 2 aromatic rings. The van der Waals surface area contributed by atoms with E-state index in [1.54, 1.807) is 23.2 Å². The van der Waals surface area contributed by atoms with Crippen LogP contribution in [-0.4, -0.2) is 32.3 Å². The molecule has 0 bridgehead atoms. The van der Waals surface area contributed by atoms with Crippen LogP contribution in [0.1, 0.15) is 40.5 Å². The number of fused-ring (bicyclic) bond motifs is 6. The van der Waals surface area contributed by atoms with Crippen LogP contribution in [0.2, 0.25) is 0 Å². The molecule has 5 nitrogen and oxygen atoms in total. The van der Waals surface area contributed by atoms with Crippen LogP contribution in [0.5, 0.6) is 0 Å². The van der Waals surface area contributed by atoms with Crippen LogP contribution in [0.4, 0.5) is 11.4 Å². The minimum absolute atomic E-state index is 0.802. The van der Waals surface area contributed by atoms with Gasteiger partial charge in [-0.3, -0.25) is 9.31 Å². The van der Waals surface area contributed by atoms with E-state index in [2.05, 4.69) is 71.4 Å². The van der Waals surface area contributed by atoms with Crippen LogP contribution in [0.15, 0.2) is 58.3 Å². The van der Waals surface area contributed by atoms with Gasteiger partial charge in [-0.15, -0.1) is 0 Å². The lowest BCUT2D eigenvalue weighted by Crippen LogP contribution is -2.63. The molecule has 0 radical (unpaired) electrons. The SMILES string of the molecule is CC1=[N+]2c3ccccc3S[B-]2(O[B-]23O[C+](C)CC(C)=[N+]2c2ccccc2S3)O[C+](C)C1. The van der Waals surface area contributed by atoms with E-state index in [9.17, 15) is 0 Å². The molecule has 0 saturated heterocycles. The van der Waals surface area contributed by atoms with Gasteiger partial charge in [-0.1, -0.05) is 24.3 Å². The molecule has 4 heterocycles. The third kappa shape index (κ3) is 2.87. The number of hydrogen-bond donors (Lipinski definition) is 0. The van der Waals surface area contributed by atoms with Crippen molar-refractivity contribution in [2.45, 2.75) is 50.3 Å². The summed E-state index contributed by atoms with van der Waals surface area (Å²) in [7, 11) is 0. The van der Waals surface area contributed by atoms with E-state index in [0.717, 1.165) is 36.4 Å². The number of para-hydroxylation sites is 2. The number of rotatable bonds is 2. The van der Waals surface area contributed by atoms with E-state index in [-0.39, 0.29) is 0 Å². The first-order chi connectivity index (χ1) is 14.9. The zero-order chi connectivity index (χ0) is 21.4. The molecular formula is C22H24B2N2O3S2+2. The summed E-state index contributed by atoms with van der Waals surface area (Å²) in [6, 6.07) is 16.9. The maximum absolute atomic E-state index is 7.18. The van der Waals surface area contributed by atoms with Crippen molar-refractivity contribution in [1.82, 2.24) is 0 Å². The maximum Gasteiger partial charge on any atom is 0.616 e. The van der Waals surface area contributed by atoms with Gasteiger partial charge in [0.2, 0.25) is 12.2 Å². The van der Waals surface area contributed by atoms with Gasteiger partial charge in [-0.25, -0.2) is 0 Å². The van der Waals surface area contributed by atoms with Gasteiger partial charge in [0, 0.05) is 35.8 Å². The van der Waals surface area contributed by atoms with Crippen molar-refractivity contribution >= 4 is 58.0 Å². The first kappa shape index (κ1) is 19.9. The Balaban J connectivity index is 1.53. The Kier molecular flexibility index (Phi) is 4.40. The van der Waals surface area contributed by atoms with Crippen LogP contribution in [0, 0.1) is 12.2 Å². The fraction of sp³-hybridized carbons (Fsp3) is 0.273. The summed E-state index contributed by atoms with van der Waals surface area (Å²) in [6.07, 6.45) is 3.56. The monoisotopic (exact) mass is 450 g/mol. The molecule has 2 atom stereocenters. The molecule has 9 heteroatoms. The zero-order valence-electron chi connectivity index (χ0n) is 18.1. The van der Waals surface area contributed by atoms with E-state index in [1.807, 2.05) is 13.8 Å². The minimum Gasteiger partial charge on any atom is -0.624 e. The molecule has 0 N–H and O–H groups in total. The van der Waals surface area contributed by atoms with Crippen LogP contribution in [-0.2, 0) is 13.9 Å². The molecular weight excluding hydrogens is 426 g/mol. The fourth-order valence-corrected chi connectivity index (χ4v) is 8.55. The van der Waals surface area contributed by atoms with E-state index in [4.69, 9.17) is 13.9 Å². The van der Waals surface area contributed by atoms with Crippen LogP contribution in [0.25, 0.3) is 0 Å². The molecule has 4 aliphatic heterocycles. The van der Waals surface area contributed by atoms with Crippen molar-refractivity contribution in [2.24, 2.45) is 0 Å². The van der Waals surface area contributed by atoms with Crippen molar-refractivity contribution in [2.75, 3.05) is 0 Å². The molecule has 0 aromatic heterocycles. The Labute approximate surface area is 191 Å². The lowest BCUT2D eigenvalue weighted by Gasteiger charge is -2.42. The Morgan fingerprint density at radius 1 is 0.774 bits per heavy atom. The van der Waals surface area contributed by atoms with Crippen molar-refractivity contribution in [3.8, 4) is 0 Å². The van der Waals surface area contributed by atoms with Gasteiger partial charge in [-0.2, -0.15) is 23.2 Å². The van der Waals surface area contributed by atoms with Crippen LogP contribution < -0.4 is 0 Å². The molecule has 4 aliphatic rings. The van der Waals surface area contributed by atoms with Gasteiger partial charge in [0.15, 0.2) is 35.6 Å². The Morgan fingerprint density at radius 2 is 1.19 bits per heavy atom. The third-order valence-electron chi connectivity index (χ3n) is 6.31. The first-order valence-electron chi connectivity index (χ1n) is 10.7. The quantitative estimate of drug-likeness (QED) is 0.437. The third-order valence-corrected chi connectivity index (χ3v) is 8.94. The molecule has 156 valence electrons. The highest BCUT2D eigenvalue weighted by atomic mass is 32.2. The van der Waals surface area contributed by atoms with E-state index >= 15 is 0 Å². The van der Waals surface area contributed by atoms with Crippen molar-refractivity contribution in [3.63, 3.8) is 0 Å². The Morgan fingerprint density at radius 3 is 1.65 bits per heavy atom. The highest BCUT2D eigenvalue weighted by Crippen LogP contribution is 2.57. The number of nitrogens with zero attached hydrogens (tertiary/aromatic N) is 2. The molecule has 0 fully saturated rings. The predicted molar refractivity (Wildman–Crippen MR) is 128 cm³/mol. The highest BCUT2D eigenvalue weighted by Gasteiger charge is 2.68. The van der Waals surface area contributed by atoms with Gasteiger partial charge in [0.05, 0.1) is 0 Å². The molecule has 0 spiro atoms.